The minimum atomic E-state index is 0.116. The fourth-order valence-corrected chi connectivity index (χ4v) is 2.26. The third-order valence-corrected chi connectivity index (χ3v) is 3.56. The van der Waals surface area contributed by atoms with Crippen molar-refractivity contribution in [3.05, 3.63) is 0 Å². The Morgan fingerprint density at radius 2 is 1.71 bits per heavy atom. The van der Waals surface area contributed by atoms with Gasteiger partial charge in [0.2, 0.25) is 0 Å². The molecule has 0 heterocycles. The quantitative estimate of drug-likeness (QED) is 0.549. The summed E-state index contributed by atoms with van der Waals surface area (Å²) in [5, 5.41) is 9.03. The van der Waals surface area contributed by atoms with Gasteiger partial charge in [-0.3, -0.25) is 0 Å². The van der Waals surface area contributed by atoms with Crippen molar-refractivity contribution in [1.82, 2.24) is 0 Å². The minimum absolute atomic E-state index is 0.116. The molecule has 0 atom stereocenters. The van der Waals surface area contributed by atoms with Gasteiger partial charge in [-0.1, -0.05) is 51.9 Å². The van der Waals surface area contributed by atoms with Gasteiger partial charge >= 0.3 is 0 Å². The Bertz CT molecular complexity index is 186. The summed E-state index contributed by atoms with van der Waals surface area (Å²) in [6.07, 6.45) is 12.8. The lowest BCUT2D eigenvalue weighted by Crippen LogP contribution is -2.27. The van der Waals surface area contributed by atoms with Crippen molar-refractivity contribution in [3.8, 4) is 6.07 Å². The van der Waals surface area contributed by atoms with Crippen LogP contribution in [-0.2, 0) is 0 Å². The fourth-order valence-electron chi connectivity index (χ4n) is 2.26. The smallest absolute Gasteiger partial charge is 0.0689 e. The number of hydrogen-bond acceptors (Lipinski definition) is 1. The molecule has 0 aromatic carbocycles. The maximum Gasteiger partial charge on any atom is 0.0689 e. The van der Waals surface area contributed by atoms with Crippen LogP contribution in [0.3, 0.4) is 0 Å². The van der Waals surface area contributed by atoms with E-state index in [1.165, 1.54) is 57.8 Å². The Hall–Kier alpha value is -0.510. The second-order valence-corrected chi connectivity index (χ2v) is 4.76. The molecule has 0 amide bonds. The van der Waals surface area contributed by atoms with Gasteiger partial charge in [0.25, 0.3) is 0 Å². The van der Waals surface area contributed by atoms with Crippen LogP contribution in [0.5, 0.6) is 0 Å². The Morgan fingerprint density at radius 3 is 2.21 bits per heavy atom. The van der Waals surface area contributed by atoms with E-state index in [1.54, 1.807) is 0 Å². The first-order chi connectivity index (χ1) is 6.83. The third kappa shape index (κ3) is 3.33. The van der Waals surface area contributed by atoms with Crippen LogP contribution < -0.4 is 0 Å². The van der Waals surface area contributed by atoms with Crippen molar-refractivity contribution in [2.45, 2.75) is 71.1 Å². The molecule has 0 unspecified atom stereocenters. The van der Waals surface area contributed by atoms with Crippen LogP contribution in [0, 0.1) is 16.7 Å². The van der Waals surface area contributed by atoms with E-state index in [-0.39, 0.29) is 5.41 Å². The van der Waals surface area contributed by atoms with Gasteiger partial charge in [-0.2, -0.15) is 5.26 Å². The topological polar surface area (TPSA) is 23.8 Å². The molecule has 0 aliphatic heterocycles. The van der Waals surface area contributed by atoms with E-state index in [0.29, 0.717) is 0 Å². The molecular formula is C13H23N. The van der Waals surface area contributed by atoms with Crippen LogP contribution >= 0.6 is 0 Å². The van der Waals surface area contributed by atoms with Crippen LogP contribution in [0.1, 0.15) is 71.1 Å². The van der Waals surface area contributed by atoms with E-state index in [2.05, 4.69) is 13.0 Å². The Balaban J connectivity index is 1.96. The Morgan fingerprint density at radius 1 is 1.07 bits per heavy atom. The summed E-state index contributed by atoms with van der Waals surface area (Å²) < 4.78 is 0. The highest BCUT2D eigenvalue weighted by atomic mass is 14.4. The normalized spacial score (nSPS) is 18.6. The Labute approximate surface area is 88.5 Å². The van der Waals surface area contributed by atoms with E-state index in [1.807, 2.05) is 0 Å². The lowest BCUT2D eigenvalue weighted by molar-refractivity contribution is 0.191. The average molecular weight is 193 g/mol. The van der Waals surface area contributed by atoms with E-state index < -0.39 is 0 Å². The molecule has 80 valence electrons. The number of nitrogens with zero attached hydrogens (tertiary/aromatic N) is 1. The highest BCUT2D eigenvalue weighted by Crippen LogP contribution is 2.44. The number of nitriles is 1. The zero-order valence-electron chi connectivity index (χ0n) is 9.52. The van der Waals surface area contributed by atoms with Crippen LogP contribution in [0.4, 0.5) is 0 Å². The first-order valence-corrected chi connectivity index (χ1v) is 6.24. The summed E-state index contributed by atoms with van der Waals surface area (Å²) in [7, 11) is 0. The van der Waals surface area contributed by atoms with Gasteiger partial charge in [0.05, 0.1) is 11.5 Å². The zero-order chi connectivity index (χ0) is 10.3. The Kier molecular flexibility index (Phi) is 5.01. The molecular weight excluding hydrogens is 170 g/mol. The minimum Gasteiger partial charge on any atom is -0.198 e. The molecule has 1 aliphatic carbocycles. The molecule has 0 aromatic heterocycles. The second-order valence-electron chi connectivity index (χ2n) is 4.76. The van der Waals surface area contributed by atoms with Crippen molar-refractivity contribution >= 4 is 0 Å². The van der Waals surface area contributed by atoms with E-state index >= 15 is 0 Å². The molecule has 1 rings (SSSR count). The lowest BCUT2D eigenvalue weighted by Gasteiger charge is -2.35. The predicted octanol–water partition coefficient (Wildman–Crippen LogP) is 4.43. The van der Waals surface area contributed by atoms with Crippen molar-refractivity contribution in [1.29, 1.82) is 5.26 Å². The monoisotopic (exact) mass is 193 g/mol. The molecule has 1 heteroatoms. The first-order valence-electron chi connectivity index (χ1n) is 6.24. The summed E-state index contributed by atoms with van der Waals surface area (Å²) in [6, 6.07) is 2.52. The largest absolute Gasteiger partial charge is 0.198 e. The first kappa shape index (κ1) is 11.6. The van der Waals surface area contributed by atoms with Gasteiger partial charge in [-0.25, -0.2) is 0 Å². The fraction of sp³-hybridized carbons (Fsp3) is 0.923. The zero-order valence-corrected chi connectivity index (χ0v) is 9.52. The summed E-state index contributed by atoms with van der Waals surface area (Å²) in [6.45, 7) is 2.25. The van der Waals surface area contributed by atoms with Gasteiger partial charge in [-0.05, 0) is 19.3 Å². The van der Waals surface area contributed by atoms with E-state index in [4.69, 9.17) is 5.26 Å². The molecule has 0 aromatic rings. The maximum atomic E-state index is 9.03. The van der Waals surface area contributed by atoms with Crippen LogP contribution in [0.25, 0.3) is 0 Å². The molecule has 1 aliphatic rings. The highest BCUT2D eigenvalue weighted by molar-refractivity contribution is 5.04. The predicted molar refractivity (Wildman–Crippen MR) is 59.9 cm³/mol. The second kappa shape index (κ2) is 6.06. The number of hydrogen-bond donors (Lipinski definition) is 0. The standard InChI is InChI=1S/C13H23N/c1-2-3-4-5-6-7-9-13(12-14)10-8-11-13/h2-11H2,1H3. The van der Waals surface area contributed by atoms with Crippen molar-refractivity contribution in [2.75, 3.05) is 0 Å². The third-order valence-electron chi connectivity index (χ3n) is 3.56. The molecule has 0 N–H and O–H groups in total. The summed E-state index contributed by atoms with van der Waals surface area (Å²) in [4.78, 5) is 0. The molecule has 0 saturated heterocycles. The molecule has 1 saturated carbocycles. The summed E-state index contributed by atoms with van der Waals surface area (Å²) >= 11 is 0. The summed E-state index contributed by atoms with van der Waals surface area (Å²) in [5.41, 5.74) is 0.116. The molecule has 1 nitrogen and oxygen atoms in total. The average Bonchev–Trinajstić information content (AvgIpc) is 2.15. The van der Waals surface area contributed by atoms with Gasteiger partial charge in [0.1, 0.15) is 0 Å². The van der Waals surface area contributed by atoms with E-state index in [9.17, 15) is 0 Å². The number of rotatable bonds is 7. The van der Waals surface area contributed by atoms with Crippen LogP contribution in [0.15, 0.2) is 0 Å². The molecule has 14 heavy (non-hydrogen) atoms. The number of unbranched alkanes of at least 4 members (excludes halogenated alkanes) is 5. The summed E-state index contributed by atoms with van der Waals surface area (Å²) in [5.74, 6) is 0. The van der Waals surface area contributed by atoms with Gasteiger partial charge < -0.3 is 0 Å². The van der Waals surface area contributed by atoms with Gasteiger partial charge in [0.15, 0.2) is 0 Å². The van der Waals surface area contributed by atoms with Crippen LogP contribution in [0.2, 0.25) is 0 Å². The van der Waals surface area contributed by atoms with Crippen LogP contribution in [-0.4, -0.2) is 0 Å². The lowest BCUT2D eigenvalue weighted by atomic mass is 9.67. The van der Waals surface area contributed by atoms with Gasteiger partial charge in [0, 0.05) is 0 Å². The van der Waals surface area contributed by atoms with Crippen molar-refractivity contribution < 1.29 is 0 Å². The SMILES string of the molecule is CCCCCCCCC1(C#N)CCC1. The molecule has 0 spiro atoms. The van der Waals surface area contributed by atoms with Gasteiger partial charge in [-0.15, -0.1) is 0 Å². The maximum absolute atomic E-state index is 9.03. The highest BCUT2D eigenvalue weighted by Gasteiger charge is 2.36. The molecule has 1 fully saturated rings. The molecule has 0 bridgehead atoms. The van der Waals surface area contributed by atoms with E-state index in [0.717, 1.165) is 6.42 Å². The molecule has 0 radical (unpaired) electrons. The van der Waals surface area contributed by atoms with Crippen molar-refractivity contribution in [3.63, 3.8) is 0 Å². The van der Waals surface area contributed by atoms with Crippen molar-refractivity contribution in [2.24, 2.45) is 5.41 Å².